The van der Waals surface area contributed by atoms with Crippen molar-refractivity contribution in [2.75, 3.05) is 6.54 Å². The SMILES string of the molecule is OC(CNC1CCCc2sc(Br)cc21)C(F)(F)F. The van der Waals surface area contributed by atoms with Gasteiger partial charge >= 0.3 is 6.18 Å². The lowest BCUT2D eigenvalue weighted by atomic mass is 9.94. The Labute approximate surface area is 115 Å². The molecule has 0 radical (unpaired) electrons. The Morgan fingerprint density at radius 1 is 1.56 bits per heavy atom. The number of nitrogens with one attached hydrogen (secondary N) is 1. The van der Waals surface area contributed by atoms with Crippen molar-refractivity contribution >= 4 is 27.3 Å². The molecule has 7 heteroatoms. The number of fused-ring (bicyclic) bond motifs is 1. The van der Waals surface area contributed by atoms with Crippen LogP contribution >= 0.6 is 27.3 Å². The molecule has 2 N–H and O–H groups in total. The average Bonchev–Trinajstić information content (AvgIpc) is 2.65. The second kappa shape index (κ2) is 5.48. The molecule has 1 aliphatic rings. The van der Waals surface area contributed by atoms with Gasteiger partial charge in [-0.15, -0.1) is 11.3 Å². The molecule has 102 valence electrons. The van der Waals surface area contributed by atoms with Gasteiger partial charge < -0.3 is 10.4 Å². The number of thiophene rings is 1. The van der Waals surface area contributed by atoms with E-state index in [1.165, 1.54) is 4.88 Å². The van der Waals surface area contributed by atoms with Crippen molar-refractivity contribution < 1.29 is 18.3 Å². The molecule has 1 aromatic rings. The van der Waals surface area contributed by atoms with E-state index in [0.717, 1.165) is 28.6 Å². The van der Waals surface area contributed by atoms with Gasteiger partial charge in [0, 0.05) is 17.5 Å². The molecule has 2 atom stereocenters. The maximum Gasteiger partial charge on any atom is 0.415 e. The van der Waals surface area contributed by atoms with Crippen LogP contribution in [0.2, 0.25) is 0 Å². The van der Waals surface area contributed by atoms with Gasteiger partial charge in [0.2, 0.25) is 0 Å². The van der Waals surface area contributed by atoms with E-state index in [4.69, 9.17) is 5.11 Å². The van der Waals surface area contributed by atoms with E-state index in [-0.39, 0.29) is 6.04 Å². The Kier molecular flexibility index (Phi) is 4.36. The first kappa shape index (κ1) is 14.3. The van der Waals surface area contributed by atoms with Crippen LogP contribution in [0.25, 0.3) is 0 Å². The number of hydrogen-bond donors (Lipinski definition) is 2. The molecule has 2 nitrogen and oxygen atoms in total. The maximum atomic E-state index is 12.2. The van der Waals surface area contributed by atoms with Crippen LogP contribution < -0.4 is 5.32 Å². The van der Waals surface area contributed by atoms with Crippen LogP contribution in [0.15, 0.2) is 9.85 Å². The summed E-state index contributed by atoms with van der Waals surface area (Å²) in [6.07, 6.45) is -4.11. The highest BCUT2D eigenvalue weighted by molar-refractivity contribution is 9.11. The Balaban J connectivity index is 1.99. The highest BCUT2D eigenvalue weighted by atomic mass is 79.9. The van der Waals surface area contributed by atoms with E-state index in [0.29, 0.717) is 0 Å². The quantitative estimate of drug-likeness (QED) is 0.881. The average molecular weight is 344 g/mol. The Bertz CT molecular complexity index is 421. The fourth-order valence-corrected chi connectivity index (χ4v) is 3.92. The third-order valence-electron chi connectivity index (χ3n) is 3.02. The zero-order valence-electron chi connectivity index (χ0n) is 9.43. The Hall–Kier alpha value is -0.110. The van der Waals surface area contributed by atoms with E-state index < -0.39 is 18.8 Å². The van der Waals surface area contributed by atoms with Crippen LogP contribution in [0.4, 0.5) is 13.2 Å². The highest BCUT2D eigenvalue weighted by Crippen LogP contribution is 2.38. The minimum Gasteiger partial charge on any atom is -0.382 e. The summed E-state index contributed by atoms with van der Waals surface area (Å²) in [4.78, 5) is 1.21. The van der Waals surface area contributed by atoms with Crippen LogP contribution in [0.3, 0.4) is 0 Å². The highest BCUT2D eigenvalue weighted by Gasteiger charge is 2.38. The van der Waals surface area contributed by atoms with Crippen LogP contribution in [0.5, 0.6) is 0 Å². The standard InChI is InChI=1S/C11H13BrF3NOS/c12-10-4-6-7(2-1-3-8(6)18-10)16-5-9(17)11(13,14)15/h4,7,9,16-17H,1-3,5H2. The molecule has 0 bridgehead atoms. The van der Waals surface area contributed by atoms with Gasteiger partial charge in [-0.3, -0.25) is 0 Å². The first-order valence-corrected chi connectivity index (χ1v) is 7.25. The molecule has 0 saturated heterocycles. The molecule has 2 rings (SSSR count). The predicted octanol–water partition coefficient (Wildman–Crippen LogP) is 3.40. The third-order valence-corrected chi connectivity index (χ3v) is 4.73. The van der Waals surface area contributed by atoms with E-state index in [1.54, 1.807) is 11.3 Å². The van der Waals surface area contributed by atoms with Crippen molar-refractivity contribution in [3.05, 3.63) is 20.3 Å². The van der Waals surface area contributed by atoms with Crippen molar-refractivity contribution in [3.8, 4) is 0 Å². The number of aryl methyl sites for hydroxylation is 1. The number of aliphatic hydroxyl groups is 1. The summed E-state index contributed by atoms with van der Waals surface area (Å²) in [5, 5.41) is 11.8. The molecule has 2 unspecified atom stereocenters. The zero-order valence-corrected chi connectivity index (χ0v) is 11.8. The summed E-state index contributed by atoms with van der Waals surface area (Å²) in [5.74, 6) is 0. The van der Waals surface area contributed by atoms with Gasteiger partial charge in [-0.1, -0.05) is 0 Å². The van der Waals surface area contributed by atoms with Gasteiger partial charge in [-0.25, -0.2) is 0 Å². The minimum atomic E-state index is -4.56. The van der Waals surface area contributed by atoms with Crippen LogP contribution in [0, 0.1) is 0 Å². The molecular weight excluding hydrogens is 331 g/mol. The summed E-state index contributed by atoms with van der Waals surface area (Å²) in [6, 6.07) is 1.87. The molecule has 0 saturated carbocycles. The maximum absolute atomic E-state index is 12.2. The van der Waals surface area contributed by atoms with Crippen molar-refractivity contribution in [3.63, 3.8) is 0 Å². The number of aliphatic hydroxyl groups excluding tert-OH is 1. The molecule has 0 amide bonds. The molecular formula is C11H13BrF3NOS. The van der Waals surface area contributed by atoms with Crippen LogP contribution in [-0.2, 0) is 6.42 Å². The second-order valence-corrected chi connectivity index (χ2v) is 6.86. The first-order valence-electron chi connectivity index (χ1n) is 5.64. The van der Waals surface area contributed by atoms with Crippen molar-refractivity contribution in [2.45, 2.75) is 37.6 Å². The van der Waals surface area contributed by atoms with E-state index >= 15 is 0 Å². The molecule has 18 heavy (non-hydrogen) atoms. The van der Waals surface area contributed by atoms with Gasteiger partial charge in [-0.05, 0) is 46.8 Å². The number of halogens is 4. The van der Waals surface area contributed by atoms with E-state index in [1.807, 2.05) is 6.07 Å². The number of alkyl halides is 3. The largest absolute Gasteiger partial charge is 0.415 e. The lowest BCUT2D eigenvalue weighted by Gasteiger charge is -2.25. The lowest BCUT2D eigenvalue weighted by molar-refractivity contribution is -0.202. The fourth-order valence-electron chi connectivity index (χ4n) is 2.10. The number of rotatable bonds is 3. The van der Waals surface area contributed by atoms with Gasteiger partial charge in [0.05, 0.1) is 3.79 Å². The minimum absolute atomic E-state index is 0.0895. The molecule has 0 spiro atoms. The van der Waals surface area contributed by atoms with Crippen LogP contribution in [0.1, 0.15) is 29.3 Å². The topological polar surface area (TPSA) is 32.3 Å². The van der Waals surface area contributed by atoms with Crippen molar-refractivity contribution in [1.82, 2.24) is 5.32 Å². The van der Waals surface area contributed by atoms with Gasteiger partial charge in [0.25, 0.3) is 0 Å². The molecule has 0 aliphatic heterocycles. The summed E-state index contributed by atoms with van der Waals surface area (Å²) < 4.78 is 37.6. The summed E-state index contributed by atoms with van der Waals surface area (Å²) in [6.45, 7) is -0.457. The van der Waals surface area contributed by atoms with Gasteiger partial charge in [0.1, 0.15) is 0 Å². The Morgan fingerprint density at radius 3 is 2.94 bits per heavy atom. The fraction of sp³-hybridized carbons (Fsp3) is 0.636. The van der Waals surface area contributed by atoms with Crippen molar-refractivity contribution in [2.24, 2.45) is 0 Å². The lowest BCUT2D eigenvalue weighted by Crippen LogP contribution is -2.40. The van der Waals surface area contributed by atoms with Crippen molar-refractivity contribution in [1.29, 1.82) is 0 Å². The normalized spacial score (nSPS) is 21.7. The monoisotopic (exact) mass is 343 g/mol. The molecule has 0 aromatic carbocycles. The van der Waals surface area contributed by atoms with Gasteiger partial charge in [-0.2, -0.15) is 13.2 Å². The first-order chi connectivity index (χ1) is 8.38. The second-order valence-electron chi connectivity index (χ2n) is 4.34. The molecule has 0 fully saturated rings. The van der Waals surface area contributed by atoms with Gasteiger partial charge in [0.15, 0.2) is 6.10 Å². The smallest absolute Gasteiger partial charge is 0.382 e. The van der Waals surface area contributed by atoms with E-state index in [9.17, 15) is 13.2 Å². The summed E-state index contributed by atoms with van der Waals surface area (Å²) in [5.41, 5.74) is 1.06. The Morgan fingerprint density at radius 2 is 2.28 bits per heavy atom. The predicted molar refractivity (Wildman–Crippen MR) is 67.8 cm³/mol. The zero-order chi connectivity index (χ0) is 13.3. The third kappa shape index (κ3) is 3.26. The van der Waals surface area contributed by atoms with E-state index in [2.05, 4.69) is 21.2 Å². The summed E-state index contributed by atoms with van der Waals surface area (Å²) >= 11 is 5.02. The summed E-state index contributed by atoms with van der Waals surface area (Å²) in [7, 11) is 0. The molecule has 1 heterocycles. The number of hydrogen-bond acceptors (Lipinski definition) is 3. The molecule has 1 aromatic heterocycles. The van der Waals surface area contributed by atoms with Crippen LogP contribution in [-0.4, -0.2) is 23.9 Å². The molecule has 1 aliphatic carbocycles.